The van der Waals surface area contributed by atoms with E-state index in [0.29, 0.717) is 11.1 Å². The highest BCUT2D eigenvalue weighted by Crippen LogP contribution is 2.36. The first kappa shape index (κ1) is 16.0. The predicted molar refractivity (Wildman–Crippen MR) is 82.0 cm³/mol. The second kappa shape index (κ2) is 5.94. The molecule has 2 fully saturated rings. The molecule has 1 nitrogen and oxygen atoms in total. The Kier molecular flexibility index (Phi) is 5.29. The van der Waals surface area contributed by atoms with Crippen LogP contribution in [0.5, 0.6) is 0 Å². The number of hydrogen-bond donors (Lipinski definition) is 0. The first-order valence-corrected chi connectivity index (χ1v) is 7.89. The van der Waals surface area contributed by atoms with E-state index in [1.807, 2.05) is 0 Å². The van der Waals surface area contributed by atoms with E-state index in [4.69, 9.17) is 0 Å². The van der Waals surface area contributed by atoms with E-state index in [0.717, 1.165) is 11.8 Å². The second-order valence-electron chi connectivity index (χ2n) is 8.07. The van der Waals surface area contributed by atoms with Gasteiger partial charge >= 0.3 is 0 Å². The molecular formula is C17H35N. The van der Waals surface area contributed by atoms with Crippen molar-refractivity contribution in [2.24, 2.45) is 11.8 Å². The van der Waals surface area contributed by atoms with Gasteiger partial charge in [-0.25, -0.2) is 0 Å². The van der Waals surface area contributed by atoms with Gasteiger partial charge in [0.15, 0.2) is 0 Å². The van der Waals surface area contributed by atoms with Gasteiger partial charge in [-0.05, 0) is 59.4 Å². The molecule has 1 heterocycles. The lowest BCUT2D eigenvalue weighted by Gasteiger charge is -2.49. The van der Waals surface area contributed by atoms with Crippen LogP contribution in [-0.2, 0) is 0 Å². The normalized spacial score (nSPS) is 31.8. The SMILES string of the molecule is CC1CC1.CC1CCCC(C)(C)N(C)C(C)(C)C1. The summed E-state index contributed by atoms with van der Waals surface area (Å²) in [6.07, 6.45) is 8.42. The minimum atomic E-state index is 0.351. The van der Waals surface area contributed by atoms with Crippen LogP contribution in [0.4, 0.5) is 0 Å². The minimum Gasteiger partial charge on any atom is -0.296 e. The quantitative estimate of drug-likeness (QED) is 0.580. The van der Waals surface area contributed by atoms with Crippen LogP contribution in [0.2, 0.25) is 0 Å². The van der Waals surface area contributed by atoms with E-state index < -0.39 is 0 Å². The molecule has 0 aromatic heterocycles. The minimum absolute atomic E-state index is 0.351. The van der Waals surface area contributed by atoms with Crippen LogP contribution >= 0.6 is 0 Å². The van der Waals surface area contributed by atoms with Crippen molar-refractivity contribution >= 4 is 0 Å². The monoisotopic (exact) mass is 253 g/mol. The fraction of sp³-hybridized carbons (Fsp3) is 1.00. The molecule has 1 aliphatic carbocycles. The van der Waals surface area contributed by atoms with E-state index in [-0.39, 0.29) is 0 Å². The van der Waals surface area contributed by atoms with Crippen LogP contribution in [0, 0.1) is 11.8 Å². The smallest absolute Gasteiger partial charge is 0.0158 e. The highest BCUT2D eigenvalue weighted by atomic mass is 15.2. The van der Waals surface area contributed by atoms with Gasteiger partial charge in [-0.15, -0.1) is 0 Å². The molecule has 1 saturated carbocycles. The van der Waals surface area contributed by atoms with Gasteiger partial charge in [-0.1, -0.05) is 39.5 Å². The van der Waals surface area contributed by atoms with Crippen LogP contribution in [0.3, 0.4) is 0 Å². The molecule has 0 amide bonds. The molecule has 1 unspecified atom stereocenters. The van der Waals surface area contributed by atoms with Crippen LogP contribution < -0.4 is 0 Å². The Morgan fingerprint density at radius 2 is 1.33 bits per heavy atom. The third-order valence-electron chi connectivity index (χ3n) is 5.02. The molecule has 18 heavy (non-hydrogen) atoms. The van der Waals surface area contributed by atoms with Crippen molar-refractivity contribution in [1.82, 2.24) is 4.90 Å². The number of hydrogen-bond acceptors (Lipinski definition) is 1. The zero-order valence-corrected chi connectivity index (χ0v) is 13.8. The molecule has 0 aromatic carbocycles. The van der Waals surface area contributed by atoms with Crippen LogP contribution in [-0.4, -0.2) is 23.0 Å². The molecule has 1 atom stereocenters. The van der Waals surface area contributed by atoms with Gasteiger partial charge in [0.1, 0.15) is 0 Å². The Morgan fingerprint density at radius 3 is 1.78 bits per heavy atom. The lowest BCUT2D eigenvalue weighted by atomic mass is 9.79. The molecular weight excluding hydrogens is 218 g/mol. The molecule has 0 spiro atoms. The summed E-state index contributed by atoms with van der Waals surface area (Å²) in [7, 11) is 2.29. The summed E-state index contributed by atoms with van der Waals surface area (Å²) in [6, 6.07) is 0. The zero-order valence-electron chi connectivity index (χ0n) is 13.8. The fourth-order valence-electron chi connectivity index (χ4n) is 3.13. The first-order valence-electron chi connectivity index (χ1n) is 7.89. The van der Waals surface area contributed by atoms with E-state index in [2.05, 4.69) is 53.5 Å². The molecule has 0 N–H and O–H groups in total. The van der Waals surface area contributed by atoms with E-state index in [9.17, 15) is 0 Å². The van der Waals surface area contributed by atoms with E-state index in [1.165, 1.54) is 38.5 Å². The van der Waals surface area contributed by atoms with Crippen molar-refractivity contribution in [3.05, 3.63) is 0 Å². The summed E-state index contributed by atoms with van der Waals surface area (Å²) < 4.78 is 0. The molecule has 2 aliphatic rings. The Hall–Kier alpha value is -0.0400. The highest BCUT2D eigenvalue weighted by Gasteiger charge is 2.36. The Labute approximate surface area is 115 Å². The molecule has 0 aromatic rings. The van der Waals surface area contributed by atoms with Crippen LogP contribution in [0.15, 0.2) is 0 Å². The highest BCUT2D eigenvalue weighted by molar-refractivity contribution is 4.92. The number of likely N-dealkylation sites (tertiary alicyclic amines) is 1. The molecule has 1 aliphatic heterocycles. The standard InChI is InChI=1S/C13H27N.C4H8/c1-11-8-7-9-12(2,3)14(6)13(4,5)10-11;1-4-2-3-4/h11H,7-10H2,1-6H3;4H,2-3H2,1H3. The zero-order chi connectivity index (χ0) is 14.0. The molecule has 108 valence electrons. The van der Waals surface area contributed by atoms with Gasteiger partial charge in [0.05, 0.1) is 0 Å². The molecule has 2 rings (SSSR count). The molecule has 1 heteroatoms. The van der Waals surface area contributed by atoms with E-state index >= 15 is 0 Å². The average Bonchev–Trinajstić information content (AvgIpc) is 2.98. The maximum absolute atomic E-state index is 2.58. The summed E-state index contributed by atoms with van der Waals surface area (Å²) >= 11 is 0. The third-order valence-corrected chi connectivity index (χ3v) is 5.02. The maximum atomic E-state index is 2.58. The predicted octanol–water partition coefficient (Wildman–Crippen LogP) is 5.10. The van der Waals surface area contributed by atoms with Gasteiger partial charge in [0, 0.05) is 11.1 Å². The summed E-state index contributed by atoms with van der Waals surface area (Å²) in [5.74, 6) is 1.96. The summed E-state index contributed by atoms with van der Waals surface area (Å²) in [5.41, 5.74) is 0.715. The van der Waals surface area contributed by atoms with Gasteiger partial charge in [0.25, 0.3) is 0 Å². The van der Waals surface area contributed by atoms with Crippen molar-refractivity contribution in [2.75, 3.05) is 7.05 Å². The topological polar surface area (TPSA) is 3.24 Å². The molecule has 0 bridgehead atoms. The number of rotatable bonds is 0. The molecule has 1 saturated heterocycles. The Bertz CT molecular complexity index is 250. The Balaban J connectivity index is 0.000000341. The largest absolute Gasteiger partial charge is 0.296 e. The summed E-state index contributed by atoms with van der Waals surface area (Å²) in [5, 5.41) is 0. The van der Waals surface area contributed by atoms with Crippen LogP contribution in [0.1, 0.15) is 80.1 Å². The maximum Gasteiger partial charge on any atom is 0.0158 e. The van der Waals surface area contributed by atoms with Crippen molar-refractivity contribution in [1.29, 1.82) is 0 Å². The second-order valence-corrected chi connectivity index (χ2v) is 8.07. The van der Waals surface area contributed by atoms with Gasteiger partial charge in [-0.2, -0.15) is 0 Å². The molecule has 0 radical (unpaired) electrons. The van der Waals surface area contributed by atoms with Crippen molar-refractivity contribution in [3.8, 4) is 0 Å². The van der Waals surface area contributed by atoms with Gasteiger partial charge in [0.2, 0.25) is 0 Å². The fourth-order valence-corrected chi connectivity index (χ4v) is 3.13. The third kappa shape index (κ3) is 4.91. The van der Waals surface area contributed by atoms with Crippen LogP contribution in [0.25, 0.3) is 0 Å². The average molecular weight is 253 g/mol. The van der Waals surface area contributed by atoms with Crippen molar-refractivity contribution in [3.63, 3.8) is 0 Å². The van der Waals surface area contributed by atoms with Crippen molar-refractivity contribution in [2.45, 2.75) is 91.1 Å². The summed E-state index contributed by atoms with van der Waals surface area (Å²) in [4.78, 5) is 2.58. The van der Waals surface area contributed by atoms with E-state index in [1.54, 1.807) is 0 Å². The first-order chi connectivity index (χ1) is 8.15. The number of nitrogens with zero attached hydrogens (tertiary/aromatic N) is 1. The lowest BCUT2D eigenvalue weighted by Crippen LogP contribution is -2.54. The van der Waals surface area contributed by atoms with Gasteiger partial charge in [-0.3, -0.25) is 4.90 Å². The van der Waals surface area contributed by atoms with Crippen molar-refractivity contribution < 1.29 is 0 Å². The summed E-state index contributed by atoms with van der Waals surface area (Å²) in [6.45, 7) is 14.2. The van der Waals surface area contributed by atoms with Gasteiger partial charge < -0.3 is 0 Å². The Morgan fingerprint density at radius 1 is 0.833 bits per heavy atom. The lowest BCUT2D eigenvalue weighted by molar-refractivity contribution is 0.00978.